The molecule has 1 fully saturated rings. The third-order valence-electron chi connectivity index (χ3n) is 4.14. The fraction of sp³-hybridized carbons (Fsp3) is 0.529. The highest BCUT2D eigenvalue weighted by molar-refractivity contribution is 5.92. The lowest BCUT2D eigenvalue weighted by Gasteiger charge is -2.31. The minimum absolute atomic E-state index is 0.0259. The van der Waals surface area contributed by atoms with Crippen molar-refractivity contribution in [1.82, 2.24) is 4.90 Å². The molecule has 6 heteroatoms. The van der Waals surface area contributed by atoms with Crippen LogP contribution in [-0.2, 0) is 9.59 Å². The van der Waals surface area contributed by atoms with E-state index in [-0.39, 0.29) is 29.6 Å². The van der Waals surface area contributed by atoms with E-state index >= 15 is 0 Å². The quantitative estimate of drug-likeness (QED) is 0.872. The van der Waals surface area contributed by atoms with E-state index in [2.05, 4.69) is 5.32 Å². The maximum atomic E-state index is 12.9. The monoisotopic (exact) mass is 321 g/mol. The van der Waals surface area contributed by atoms with E-state index in [0.717, 1.165) is 0 Å². The number of nitrogens with two attached hydrogens (primary N) is 1. The minimum Gasteiger partial charge on any atom is -0.343 e. The van der Waals surface area contributed by atoms with Crippen molar-refractivity contribution < 1.29 is 14.0 Å². The van der Waals surface area contributed by atoms with Gasteiger partial charge in [-0.2, -0.15) is 0 Å². The third kappa shape index (κ3) is 5.32. The Morgan fingerprint density at radius 1 is 1.30 bits per heavy atom. The van der Waals surface area contributed by atoms with Gasteiger partial charge in [0.1, 0.15) is 5.82 Å². The summed E-state index contributed by atoms with van der Waals surface area (Å²) in [5.41, 5.74) is 6.26. The second kappa shape index (κ2) is 8.06. The van der Waals surface area contributed by atoms with Crippen molar-refractivity contribution in [1.29, 1.82) is 0 Å². The predicted octanol–water partition coefficient (Wildman–Crippen LogP) is 2.13. The molecule has 0 aromatic heterocycles. The van der Waals surface area contributed by atoms with Crippen molar-refractivity contribution in [2.45, 2.75) is 38.6 Å². The summed E-state index contributed by atoms with van der Waals surface area (Å²) in [6.45, 7) is 3.08. The Morgan fingerprint density at radius 2 is 1.91 bits per heavy atom. The van der Waals surface area contributed by atoms with Crippen molar-refractivity contribution in [3.05, 3.63) is 30.1 Å². The molecule has 1 unspecified atom stereocenters. The molecule has 1 aliphatic heterocycles. The molecule has 1 aliphatic rings. The van der Waals surface area contributed by atoms with Crippen molar-refractivity contribution in [2.75, 3.05) is 18.4 Å². The van der Waals surface area contributed by atoms with Crippen LogP contribution < -0.4 is 11.1 Å². The van der Waals surface area contributed by atoms with E-state index in [1.165, 1.54) is 12.1 Å². The average Bonchev–Trinajstić information content (AvgIpc) is 2.55. The Morgan fingerprint density at radius 3 is 2.48 bits per heavy atom. The predicted molar refractivity (Wildman–Crippen MR) is 87.2 cm³/mol. The summed E-state index contributed by atoms with van der Waals surface area (Å²) in [6.07, 6.45) is 2.45. The summed E-state index contributed by atoms with van der Waals surface area (Å²) < 4.78 is 12.9. The molecule has 1 atom stereocenters. The first-order valence-electron chi connectivity index (χ1n) is 8.05. The molecule has 126 valence electrons. The first kappa shape index (κ1) is 17.4. The summed E-state index contributed by atoms with van der Waals surface area (Å²) in [7, 11) is 0. The largest absolute Gasteiger partial charge is 0.343 e. The van der Waals surface area contributed by atoms with Gasteiger partial charge in [-0.05, 0) is 50.5 Å². The number of hydrogen-bond acceptors (Lipinski definition) is 3. The fourth-order valence-electron chi connectivity index (χ4n) is 2.68. The number of rotatable bonds is 5. The van der Waals surface area contributed by atoms with Crippen LogP contribution in [0.15, 0.2) is 24.3 Å². The number of amides is 2. The van der Waals surface area contributed by atoms with Crippen LogP contribution in [0.4, 0.5) is 10.1 Å². The normalized spacial score (nSPS) is 16.9. The second-order valence-electron chi connectivity index (χ2n) is 6.17. The molecule has 1 aromatic rings. The Balaban J connectivity index is 1.78. The van der Waals surface area contributed by atoms with Gasteiger partial charge >= 0.3 is 0 Å². The summed E-state index contributed by atoms with van der Waals surface area (Å²) in [5, 5.41) is 2.80. The van der Waals surface area contributed by atoms with Crippen molar-refractivity contribution in [3.63, 3.8) is 0 Å². The Hall–Kier alpha value is -1.95. The molecule has 0 aliphatic carbocycles. The molecule has 1 aromatic carbocycles. The maximum absolute atomic E-state index is 12.9. The topological polar surface area (TPSA) is 75.4 Å². The molecule has 2 amide bonds. The molecule has 0 bridgehead atoms. The lowest BCUT2D eigenvalue weighted by Crippen LogP contribution is -2.41. The Bertz CT molecular complexity index is 537. The highest BCUT2D eigenvalue weighted by Crippen LogP contribution is 2.20. The van der Waals surface area contributed by atoms with E-state index < -0.39 is 0 Å². The molecule has 1 heterocycles. The average molecular weight is 321 g/mol. The standard InChI is InChI=1S/C17H24FN3O2/c1-12(19)2-7-16(22)21-10-8-13(9-11-21)17(23)20-15-5-3-14(18)4-6-15/h3-6,12-13H,2,7-11,19H2,1H3,(H,20,23). The first-order chi connectivity index (χ1) is 11.0. The van der Waals surface area contributed by atoms with Gasteiger partial charge in [-0.1, -0.05) is 0 Å². The van der Waals surface area contributed by atoms with Gasteiger partial charge in [-0.15, -0.1) is 0 Å². The van der Waals surface area contributed by atoms with E-state index in [9.17, 15) is 14.0 Å². The molecular formula is C17H24FN3O2. The van der Waals surface area contributed by atoms with Crippen LogP contribution in [0.2, 0.25) is 0 Å². The SMILES string of the molecule is CC(N)CCC(=O)N1CCC(C(=O)Nc2ccc(F)cc2)CC1. The van der Waals surface area contributed by atoms with Gasteiger partial charge in [-0.25, -0.2) is 4.39 Å². The fourth-order valence-corrected chi connectivity index (χ4v) is 2.68. The van der Waals surface area contributed by atoms with Crippen LogP contribution in [0.5, 0.6) is 0 Å². The van der Waals surface area contributed by atoms with Gasteiger partial charge in [-0.3, -0.25) is 9.59 Å². The van der Waals surface area contributed by atoms with Crippen LogP contribution in [0.25, 0.3) is 0 Å². The minimum atomic E-state index is -0.332. The maximum Gasteiger partial charge on any atom is 0.227 e. The molecule has 5 nitrogen and oxygen atoms in total. The molecule has 23 heavy (non-hydrogen) atoms. The van der Waals surface area contributed by atoms with E-state index in [0.29, 0.717) is 44.5 Å². The first-order valence-corrected chi connectivity index (χ1v) is 8.05. The van der Waals surface area contributed by atoms with E-state index in [1.54, 1.807) is 12.1 Å². The number of nitrogens with one attached hydrogen (secondary N) is 1. The number of hydrogen-bond donors (Lipinski definition) is 2. The van der Waals surface area contributed by atoms with Crippen LogP contribution in [0.1, 0.15) is 32.6 Å². The molecular weight excluding hydrogens is 297 g/mol. The zero-order valence-corrected chi connectivity index (χ0v) is 13.4. The number of carbonyl (C=O) groups is 2. The smallest absolute Gasteiger partial charge is 0.227 e. The summed E-state index contributed by atoms with van der Waals surface area (Å²) >= 11 is 0. The van der Waals surface area contributed by atoms with Crippen LogP contribution >= 0.6 is 0 Å². The molecule has 0 radical (unpaired) electrons. The number of halogens is 1. The van der Waals surface area contributed by atoms with Gasteiger partial charge in [0.25, 0.3) is 0 Å². The second-order valence-corrected chi connectivity index (χ2v) is 6.17. The van der Waals surface area contributed by atoms with Gasteiger partial charge in [0.2, 0.25) is 11.8 Å². The van der Waals surface area contributed by atoms with E-state index in [4.69, 9.17) is 5.73 Å². The highest BCUT2D eigenvalue weighted by atomic mass is 19.1. The number of carbonyl (C=O) groups excluding carboxylic acids is 2. The Kier molecular flexibility index (Phi) is 6.10. The molecule has 3 N–H and O–H groups in total. The van der Waals surface area contributed by atoms with Gasteiger partial charge < -0.3 is 16.0 Å². The van der Waals surface area contributed by atoms with Gasteiger partial charge in [0, 0.05) is 37.2 Å². The lowest BCUT2D eigenvalue weighted by molar-refractivity contribution is -0.134. The van der Waals surface area contributed by atoms with Crippen molar-refractivity contribution in [2.24, 2.45) is 11.7 Å². The Labute approximate surface area is 136 Å². The van der Waals surface area contributed by atoms with Gasteiger partial charge in [0.15, 0.2) is 0 Å². The van der Waals surface area contributed by atoms with Crippen LogP contribution in [0, 0.1) is 11.7 Å². The summed E-state index contributed by atoms with van der Waals surface area (Å²) in [6, 6.07) is 5.74. The number of benzene rings is 1. The summed E-state index contributed by atoms with van der Waals surface area (Å²) in [5.74, 6) is -0.405. The summed E-state index contributed by atoms with van der Waals surface area (Å²) in [4.78, 5) is 26.1. The molecule has 2 rings (SSSR count). The molecule has 0 spiro atoms. The van der Waals surface area contributed by atoms with Crippen LogP contribution in [0.3, 0.4) is 0 Å². The highest BCUT2D eigenvalue weighted by Gasteiger charge is 2.27. The number of anilines is 1. The van der Waals surface area contributed by atoms with Gasteiger partial charge in [0.05, 0.1) is 0 Å². The van der Waals surface area contributed by atoms with Crippen molar-refractivity contribution in [3.8, 4) is 0 Å². The zero-order chi connectivity index (χ0) is 16.8. The van der Waals surface area contributed by atoms with Crippen molar-refractivity contribution >= 4 is 17.5 Å². The molecule has 1 saturated heterocycles. The zero-order valence-electron chi connectivity index (χ0n) is 13.4. The van der Waals surface area contributed by atoms with E-state index in [1.807, 2.05) is 11.8 Å². The van der Waals surface area contributed by atoms with Crippen LogP contribution in [-0.4, -0.2) is 35.8 Å². The molecule has 0 saturated carbocycles. The number of piperidine rings is 1. The third-order valence-corrected chi connectivity index (χ3v) is 4.14. The number of nitrogens with zero attached hydrogens (tertiary/aromatic N) is 1. The lowest BCUT2D eigenvalue weighted by atomic mass is 9.95. The number of likely N-dealkylation sites (tertiary alicyclic amines) is 1.